The van der Waals surface area contributed by atoms with Crippen LogP contribution in [-0.4, -0.2) is 35.8 Å². The first-order chi connectivity index (χ1) is 11.2. The number of nitrogens with one attached hydrogen (secondary N) is 1. The molecule has 0 bridgehead atoms. The Hall–Kier alpha value is -2.44. The van der Waals surface area contributed by atoms with Gasteiger partial charge in [0.05, 0.1) is 25.3 Å². The van der Waals surface area contributed by atoms with E-state index in [9.17, 15) is 9.90 Å². The molecule has 0 aliphatic carbocycles. The Labute approximate surface area is 133 Å². The number of pyridine rings is 1. The van der Waals surface area contributed by atoms with Crippen LogP contribution in [0.15, 0.2) is 30.6 Å². The molecule has 1 atom stereocenters. The number of ether oxygens (including phenoxy) is 2. The molecule has 118 valence electrons. The molecule has 2 aliphatic rings. The normalized spacial score (nSPS) is 19.9. The van der Waals surface area contributed by atoms with Crippen molar-refractivity contribution in [2.24, 2.45) is 0 Å². The molecule has 4 rings (SSSR count). The number of amides is 1. The smallest absolute Gasteiger partial charge is 0.255 e. The Morgan fingerprint density at radius 2 is 2.17 bits per heavy atom. The van der Waals surface area contributed by atoms with E-state index in [1.54, 1.807) is 18.5 Å². The molecule has 2 N–H and O–H groups in total. The number of carbonyl (C=O) groups is 1. The van der Waals surface area contributed by atoms with E-state index in [0.29, 0.717) is 31.1 Å². The highest BCUT2D eigenvalue weighted by atomic mass is 16.5. The third kappa shape index (κ3) is 2.46. The summed E-state index contributed by atoms with van der Waals surface area (Å²) in [5.41, 5.74) is 4.03. The van der Waals surface area contributed by atoms with Crippen molar-refractivity contribution in [2.75, 3.05) is 19.8 Å². The van der Waals surface area contributed by atoms with Gasteiger partial charge in [-0.15, -0.1) is 0 Å². The van der Waals surface area contributed by atoms with Crippen LogP contribution in [0.4, 0.5) is 0 Å². The second-order valence-electron chi connectivity index (χ2n) is 5.60. The van der Waals surface area contributed by atoms with Crippen molar-refractivity contribution in [2.45, 2.75) is 12.7 Å². The first kappa shape index (κ1) is 14.2. The van der Waals surface area contributed by atoms with Gasteiger partial charge < -0.3 is 19.9 Å². The highest BCUT2D eigenvalue weighted by molar-refractivity contribution is 5.98. The number of aliphatic hydroxyl groups is 1. The van der Waals surface area contributed by atoms with E-state index in [1.165, 1.54) is 0 Å². The molecule has 2 aliphatic heterocycles. The average molecular weight is 312 g/mol. The number of hydrogen-bond donors (Lipinski definition) is 2. The van der Waals surface area contributed by atoms with Crippen molar-refractivity contribution in [3.8, 4) is 16.9 Å². The summed E-state index contributed by atoms with van der Waals surface area (Å²) in [6.45, 7) is 1.65. The van der Waals surface area contributed by atoms with Crippen molar-refractivity contribution in [3.63, 3.8) is 0 Å². The molecule has 0 saturated heterocycles. The van der Waals surface area contributed by atoms with Gasteiger partial charge in [0, 0.05) is 23.5 Å². The lowest BCUT2D eigenvalue weighted by molar-refractivity contribution is 0.00981. The van der Waals surface area contributed by atoms with Gasteiger partial charge in [0.2, 0.25) is 0 Å². The van der Waals surface area contributed by atoms with Crippen LogP contribution in [0.2, 0.25) is 0 Å². The third-order valence-electron chi connectivity index (χ3n) is 4.15. The standard InChI is InChI=1S/C17H16N2O4/c20-15-9-22-8-14-12(6-18-7-13(14)15)10-1-2-11-16(5-10)23-4-3-19-17(11)21/h1-2,5-7,15,20H,3-4,8-9H2,(H,19,21). The molecule has 1 amide bonds. The zero-order valence-corrected chi connectivity index (χ0v) is 12.4. The van der Waals surface area contributed by atoms with E-state index in [2.05, 4.69) is 10.3 Å². The molecule has 6 nitrogen and oxygen atoms in total. The minimum absolute atomic E-state index is 0.129. The fraction of sp³-hybridized carbons (Fsp3) is 0.294. The number of nitrogens with zero attached hydrogens (tertiary/aromatic N) is 1. The Balaban J connectivity index is 1.82. The quantitative estimate of drug-likeness (QED) is 0.833. The van der Waals surface area contributed by atoms with Gasteiger partial charge in [0.15, 0.2) is 0 Å². The second-order valence-corrected chi connectivity index (χ2v) is 5.60. The summed E-state index contributed by atoms with van der Waals surface area (Å²) in [5.74, 6) is 0.434. The van der Waals surface area contributed by atoms with Crippen LogP contribution in [0.3, 0.4) is 0 Å². The highest BCUT2D eigenvalue weighted by Crippen LogP contribution is 2.35. The molecule has 0 spiro atoms. The zero-order valence-electron chi connectivity index (χ0n) is 12.4. The van der Waals surface area contributed by atoms with Crippen LogP contribution in [0.25, 0.3) is 11.1 Å². The molecule has 0 radical (unpaired) electrons. The molecular weight excluding hydrogens is 296 g/mol. The first-order valence-corrected chi connectivity index (χ1v) is 7.52. The van der Waals surface area contributed by atoms with Crippen molar-refractivity contribution in [1.82, 2.24) is 10.3 Å². The van der Waals surface area contributed by atoms with Crippen molar-refractivity contribution in [1.29, 1.82) is 0 Å². The van der Waals surface area contributed by atoms with Gasteiger partial charge in [-0.3, -0.25) is 9.78 Å². The number of benzene rings is 1. The highest BCUT2D eigenvalue weighted by Gasteiger charge is 2.23. The fourth-order valence-corrected chi connectivity index (χ4v) is 2.98. The zero-order chi connectivity index (χ0) is 15.8. The molecule has 3 heterocycles. The molecule has 1 unspecified atom stereocenters. The number of aliphatic hydroxyl groups excluding tert-OH is 1. The van der Waals surface area contributed by atoms with Gasteiger partial charge in [-0.25, -0.2) is 0 Å². The van der Waals surface area contributed by atoms with Gasteiger partial charge >= 0.3 is 0 Å². The SMILES string of the molecule is O=C1NCCOc2cc(-c3cncc4c3COCC4O)ccc21. The van der Waals surface area contributed by atoms with E-state index in [1.807, 2.05) is 12.1 Å². The monoisotopic (exact) mass is 312 g/mol. The Bertz CT molecular complexity index is 775. The van der Waals surface area contributed by atoms with Gasteiger partial charge in [0.1, 0.15) is 18.5 Å². The summed E-state index contributed by atoms with van der Waals surface area (Å²) >= 11 is 0. The van der Waals surface area contributed by atoms with E-state index < -0.39 is 6.10 Å². The topological polar surface area (TPSA) is 80.7 Å². The Kier molecular flexibility index (Phi) is 3.48. The van der Waals surface area contributed by atoms with Crippen molar-refractivity contribution < 1.29 is 19.4 Å². The van der Waals surface area contributed by atoms with E-state index in [4.69, 9.17) is 9.47 Å². The fourth-order valence-electron chi connectivity index (χ4n) is 2.98. The number of rotatable bonds is 1. The number of fused-ring (bicyclic) bond motifs is 2. The molecule has 0 saturated carbocycles. The number of hydrogen-bond acceptors (Lipinski definition) is 5. The second kappa shape index (κ2) is 5.64. The molecule has 1 aromatic heterocycles. The molecule has 0 fully saturated rings. The van der Waals surface area contributed by atoms with Crippen LogP contribution in [-0.2, 0) is 11.3 Å². The van der Waals surface area contributed by atoms with Gasteiger partial charge in [-0.1, -0.05) is 6.07 Å². The Morgan fingerprint density at radius 3 is 3.09 bits per heavy atom. The summed E-state index contributed by atoms with van der Waals surface area (Å²) in [6.07, 6.45) is 2.77. The van der Waals surface area contributed by atoms with Crippen LogP contribution < -0.4 is 10.1 Å². The average Bonchev–Trinajstić information content (AvgIpc) is 2.76. The maximum atomic E-state index is 12.0. The molecule has 23 heavy (non-hydrogen) atoms. The summed E-state index contributed by atoms with van der Waals surface area (Å²) in [4.78, 5) is 16.2. The van der Waals surface area contributed by atoms with Crippen molar-refractivity contribution >= 4 is 5.91 Å². The van der Waals surface area contributed by atoms with Crippen LogP contribution in [0.1, 0.15) is 27.6 Å². The minimum Gasteiger partial charge on any atom is -0.491 e. The van der Waals surface area contributed by atoms with Crippen molar-refractivity contribution in [3.05, 3.63) is 47.3 Å². The number of aromatic nitrogens is 1. The maximum Gasteiger partial charge on any atom is 0.255 e. The lowest BCUT2D eigenvalue weighted by atomic mass is 9.94. The van der Waals surface area contributed by atoms with Gasteiger partial charge in [-0.2, -0.15) is 0 Å². The van der Waals surface area contributed by atoms with E-state index in [0.717, 1.165) is 22.3 Å². The lowest BCUT2D eigenvalue weighted by Crippen LogP contribution is -2.24. The summed E-state index contributed by atoms with van der Waals surface area (Å²) in [6, 6.07) is 5.47. The predicted molar refractivity (Wildman–Crippen MR) is 82.1 cm³/mol. The van der Waals surface area contributed by atoms with Crippen LogP contribution in [0.5, 0.6) is 5.75 Å². The van der Waals surface area contributed by atoms with E-state index >= 15 is 0 Å². The molecule has 1 aromatic carbocycles. The summed E-state index contributed by atoms with van der Waals surface area (Å²) in [5, 5.41) is 12.8. The molecular formula is C17H16N2O4. The Morgan fingerprint density at radius 1 is 1.26 bits per heavy atom. The minimum atomic E-state index is -0.658. The maximum absolute atomic E-state index is 12.0. The summed E-state index contributed by atoms with van der Waals surface area (Å²) in [7, 11) is 0. The molecule has 6 heteroatoms. The van der Waals surface area contributed by atoms with E-state index in [-0.39, 0.29) is 12.5 Å². The van der Waals surface area contributed by atoms with Crippen LogP contribution >= 0.6 is 0 Å². The lowest BCUT2D eigenvalue weighted by Gasteiger charge is -2.23. The predicted octanol–water partition coefficient (Wildman–Crippen LogP) is 1.43. The number of carbonyl (C=O) groups excluding carboxylic acids is 1. The van der Waals surface area contributed by atoms with Gasteiger partial charge in [-0.05, 0) is 23.3 Å². The van der Waals surface area contributed by atoms with Crippen LogP contribution in [0, 0.1) is 0 Å². The van der Waals surface area contributed by atoms with Gasteiger partial charge in [0.25, 0.3) is 5.91 Å². The first-order valence-electron chi connectivity index (χ1n) is 7.52. The summed E-state index contributed by atoms with van der Waals surface area (Å²) < 4.78 is 11.1. The largest absolute Gasteiger partial charge is 0.491 e. The molecule has 2 aromatic rings. The third-order valence-corrected chi connectivity index (χ3v) is 4.15.